The van der Waals surface area contributed by atoms with Crippen molar-refractivity contribution in [3.8, 4) is 16.9 Å². The molecule has 4 rings (SSSR count). The average molecular weight is 330 g/mol. The maximum atomic E-state index is 9.44. The van der Waals surface area contributed by atoms with Gasteiger partial charge < -0.3 is 9.84 Å². The Morgan fingerprint density at radius 1 is 0.800 bits per heavy atom. The lowest BCUT2D eigenvalue weighted by Crippen LogP contribution is -2.34. The number of benzene rings is 3. The molecule has 25 heavy (non-hydrogen) atoms. The Bertz CT molecular complexity index is 903. The van der Waals surface area contributed by atoms with E-state index in [0.29, 0.717) is 5.90 Å². The van der Waals surface area contributed by atoms with E-state index in [9.17, 15) is 5.11 Å². The van der Waals surface area contributed by atoms with E-state index >= 15 is 0 Å². The van der Waals surface area contributed by atoms with E-state index in [-0.39, 0.29) is 5.75 Å². The SMILES string of the molecule is CC1(c2ccc(O)cc2)NN=C(c2ccc(-c3ccccc3)cc2)O1. The predicted molar refractivity (Wildman–Crippen MR) is 98.1 cm³/mol. The smallest absolute Gasteiger partial charge is 0.240 e. The van der Waals surface area contributed by atoms with Crippen LogP contribution in [0, 0.1) is 0 Å². The Morgan fingerprint density at radius 3 is 2.08 bits per heavy atom. The van der Waals surface area contributed by atoms with E-state index in [2.05, 4.69) is 34.8 Å². The first kappa shape index (κ1) is 15.3. The molecule has 124 valence electrons. The Labute approximate surface area is 146 Å². The summed E-state index contributed by atoms with van der Waals surface area (Å²) in [6, 6.07) is 25.3. The molecule has 1 heterocycles. The van der Waals surface area contributed by atoms with Gasteiger partial charge in [0.1, 0.15) is 5.75 Å². The number of ether oxygens (including phenoxy) is 1. The first-order valence-corrected chi connectivity index (χ1v) is 8.13. The summed E-state index contributed by atoms with van der Waals surface area (Å²) in [5.41, 5.74) is 6.43. The highest BCUT2D eigenvalue weighted by Gasteiger charge is 2.35. The average Bonchev–Trinajstić information content (AvgIpc) is 3.06. The summed E-state index contributed by atoms with van der Waals surface area (Å²) in [6.45, 7) is 1.91. The molecule has 0 saturated heterocycles. The molecule has 3 aromatic carbocycles. The molecular formula is C21H18N2O2. The molecule has 3 aromatic rings. The Morgan fingerprint density at radius 2 is 1.40 bits per heavy atom. The Hall–Kier alpha value is -3.27. The highest BCUT2D eigenvalue weighted by molar-refractivity contribution is 5.95. The largest absolute Gasteiger partial charge is 0.508 e. The first-order chi connectivity index (χ1) is 12.1. The number of phenolic OH excluding ortho intramolecular Hbond substituents is 1. The molecule has 0 fully saturated rings. The van der Waals surface area contributed by atoms with Crippen molar-refractivity contribution >= 4 is 5.90 Å². The maximum absolute atomic E-state index is 9.44. The maximum Gasteiger partial charge on any atom is 0.240 e. The normalized spacial score (nSPS) is 19.0. The fraction of sp³-hybridized carbons (Fsp3) is 0.0952. The molecule has 1 unspecified atom stereocenters. The third kappa shape index (κ3) is 2.94. The first-order valence-electron chi connectivity index (χ1n) is 8.13. The second kappa shape index (κ2) is 5.98. The molecule has 0 radical (unpaired) electrons. The fourth-order valence-corrected chi connectivity index (χ4v) is 2.86. The summed E-state index contributed by atoms with van der Waals surface area (Å²) >= 11 is 0. The Balaban J connectivity index is 1.54. The van der Waals surface area contributed by atoms with Crippen molar-refractivity contribution in [2.24, 2.45) is 5.10 Å². The van der Waals surface area contributed by atoms with Gasteiger partial charge in [-0.2, -0.15) is 0 Å². The summed E-state index contributed by atoms with van der Waals surface area (Å²) < 4.78 is 6.06. The molecule has 0 amide bonds. The number of hydrogen-bond acceptors (Lipinski definition) is 4. The zero-order chi connectivity index (χ0) is 17.3. The monoisotopic (exact) mass is 330 g/mol. The molecule has 0 bridgehead atoms. The van der Waals surface area contributed by atoms with Gasteiger partial charge in [-0.1, -0.05) is 42.5 Å². The lowest BCUT2D eigenvalue weighted by atomic mass is 10.0. The number of nitrogens with zero attached hydrogens (tertiary/aromatic N) is 1. The molecule has 0 saturated carbocycles. The van der Waals surface area contributed by atoms with Crippen LogP contribution in [0.25, 0.3) is 11.1 Å². The van der Waals surface area contributed by atoms with Gasteiger partial charge in [-0.25, -0.2) is 0 Å². The summed E-state index contributed by atoms with van der Waals surface area (Å²) in [4.78, 5) is 0. The van der Waals surface area contributed by atoms with Gasteiger partial charge in [-0.15, -0.1) is 5.10 Å². The van der Waals surface area contributed by atoms with E-state index in [4.69, 9.17) is 4.74 Å². The van der Waals surface area contributed by atoms with Gasteiger partial charge in [0.05, 0.1) is 0 Å². The third-order valence-corrected chi connectivity index (χ3v) is 4.33. The van der Waals surface area contributed by atoms with Crippen molar-refractivity contribution in [1.29, 1.82) is 0 Å². The van der Waals surface area contributed by atoms with Gasteiger partial charge >= 0.3 is 0 Å². The van der Waals surface area contributed by atoms with Crippen LogP contribution in [-0.4, -0.2) is 11.0 Å². The second-order valence-corrected chi connectivity index (χ2v) is 6.15. The van der Waals surface area contributed by atoms with E-state index in [1.54, 1.807) is 12.1 Å². The van der Waals surface area contributed by atoms with E-state index in [1.165, 1.54) is 5.56 Å². The van der Waals surface area contributed by atoms with E-state index in [1.807, 2.05) is 49.4 Å². The van der Waals surface area contributed by atoms with Crippen molar-refractivity contribution in [1.82, 2.24) is 5.43 Å². The molecule has 1 atom stereocenters. The van der Waals surface area contributed by atoms with Crippen LogP contribution in [0.15, 0.2) is 84.0 Å². The minimum atomic E-state index is -0.749. The molecule has 0 aliphatic carbocycles. The van der Waals surface area contributed by atoms with Crippen LogP contribution in [0.2, 0.25) is 0 Å². The lowest BCUT2D eigenvalue weighted by Gasteiger charge is -2.24. The number of nitrogens with one attached hydrogen (secondary N) is 1. The van der Waals surface area contributed by atoms with Crippen LogP contribution >= 0.6 is 0 Å². The van der Waals surface area contributed by atoms with Crippen LogP contribution in [0.1, 0.15) is 18.1 Å². The van der Waals surface area contributed by atoms with Crippen LogP contribution in [0.5, 0.6) is 5.75 Å². The van der Waals surface area contributed by atoms with Crippen LogP contribution in [-0.2, 0) is 10.5 Å². The topological polar surface area (TPSA) is 53.8 Å². The summed E-state index contributed by atoms with van der Waals surface area (Å²) in [7, 11) is 0. The number of aromatic hydroxyl groups is 1. The quantitative estimate of drug-likeness (QED) is 0.756. The standard InChI is InChI=1S/C21H18N2O2/c1-21(18-11-13-19(24)14-12-18)23-22-20(25-21)17-9-7-16(8-10-17)15-5-3-2-4-6-15/h2-14,23-24H,1H3. The fourth-order valence-electron chi connectivity index (χ4n) is 2.86. The Kier molecular flexibility index (Phi) is 3.65. The summed E-state index contributed by atoms with van der Waals surface area (Å²) in [5.74, 6) is 0.776. The third-order valence-electron chi connectivity index (χ3n) is 4.33. The molecule has 0 aromatic heterocycles. The highest BCUT2D eigenvalue weighted by Crippen LogP contribution is 2.30. The van der Waals surface area contributed by atoms with Gasteiger partial charge in [0.2, 0.25) is 11.6 Å². The van der Waals surface area contributed by atoms with Gasteiger partial charge in [0, 0.05) is 18.1 Å². The van der Waals surface area contributed by atoms with Gasteiger partial charge in [-0.05, 0) is 47.5 Å². The predicted octanol–water partition coefficient (Wildman–Crippen LogP) is 4.21. The molecule has 1 aliphatic rings. The summed E-state index contributed by atoms with van der Waals surface area (Å²) in [5, 5.41) is 13.8. The van der Waals surface area contributed by atoms with Gasteiger partial charge in [-0.3, -0.25) is 5.43 Å². The van der Waals surface area contributed by atoms with Crippen molar-refractivity contribution in [3.05, 3.63) is 90.0 Å². The van der Waals surface area contributed by atoms with Gasteiger partial charge in [0.15, 0.2) is 0 Å². The number of rotatable bonds is 3. The van der Waals surface area contributed by atoms with Crippen LogP contribution in [0.3, 0.4) is 0 Å². The lowest BCUT2D eigenvalue weighted by molar-refractivity contribution is 0.0670. The van der Waals surface area contributed by atoms with E-state index in [0.717, 1.165) is 16.7 Å². The number of hydrazone groups is 1. The molecular weight excluding hydrogens is 312 g/mol. The van der Waals surface area contributed by atoms with Gasteiger partial charge in [0.25, 0.3) is 0 Å². The summed E-state index contributed by atoms with van der Waals surface area (Å²) in [6.07, 6.45) is 0. The van der Waals surface area contributed by atoms with E-state index < -0.39 is 5.72 Å². The molecule has 1 aliphatic heterocycles. The van der Waals surface area contributed by atoms with Crippen molar-refractivity contribution in [2.75, 3.05) is 0 Å². The van der Waals surface area contributed by atoms with Crippen molar-refractivity contribution in [2.45, 2.75) is 12.6 Å². The number of phenols is 1. The molecule has 4 nitrogen and oxygen atoms in total. The van der Waals surface area contributed by atoms with Crippen LogP contribution < -0.4 is 5.43 Å². The molecule has 2 N–H and O–H groups in total. The highest BCUT2D eigenvalue weighted by atomic mass is 16.5. The zero-order valence-electron chi connectivity index (χ0n) is 13.8. The zero-order valence-corrected chi connectivity index (χ0v) is 13.8. The minimum absolute atomic E-state index is 0.225. The van der Waals surface area contributed by atoms with Crippen molar-refractivity contribution in [3.63, 3.8) is 0 Å². The van der Waals surface area contributed by atoms with Crippen LogP contribution in [0.4, 0.5) is 0 Å². The second-order valence-electron chi connectivity index (χ2n) is 6.15. The van der Waals surface area contributed by atoms with Crippen molar-refractivity contribution < 1.29 is 9.84 Å². The number of hydrogen-bond donors (Lipinski definition) is 2. The molecule has 4 heteroatoms. The molecule has 0 spiro atoms. The minimum Gasteiger partial charge on any atom is -0.508 e.